The zero-order chi connectivity index (χ0) is 14.0. The molecule has 0 amide bonds. The fourth-order valence-corrected chi connectivity index (χ4v) is 2.51. The van der Waals surface area contributed by atoms with Crippen molar-refractivity contribution in [2.45, 2.75) is 26.4 Å². The molecule has 2 rings (SSSR count). The summed E-state index contributed by atoms with van der Waals surface area (Å²) in [6.07, 6.45) is 0.475. The zero-order valence-electron chi connectivity index (χ0n) is 11.7. The average Bonchev–Trinajstić information content (AvgIpc) is 2.41. The van der Waals surface area contributed by atoms with Crippen LogP contribution < -0.4 is 4.90 Å². The lowest BCUT2D eigenvalue weighted by Gasteiger charge is -2.43. The maximum Gasteiger partial charge on any atom is 0.337 e. The Morgan fingerprint density at radius 3 is 2.84 bits per heavy atom. The SMILES string of the molecule is COC(=O)c1cccc(N2CCC(O)C(C)(C)C2)c1. The lowest BCUT2D eigenvalue weighted by Crippen LogP contribution is -2.48. The van der Waals surface area contributed by atoms with Crippen LogP contribution in [0.2, 0.25) is 0 Å². The normalized spacial score (nSPS) is 22.1. The molecule has 19 heavy (non-hydrogen) atoms. The van der Waals surface area contributed by atoms with Crippen LogP contribution in [0, 0.1) is 5.41 Å². The Hall–Kier alpha value is -1.55. The third-order valence-electron chi connectivity index (χ3n) is 3.81. The maximum absolute atomic E-state index is 11.5. The first kappa shape index (κ1) is 13.9. The van der Waals surface area contributed by atoms with Gasteiger partial charge < -0.3 is 14.7 Å². The molecule has 0 radical (unpaired) electrons. The number of aliphatic hydroxyl groups excluding tert-OH is 1. The van der Waals surface area contributed by atoms with Crippen LogP contribution in [-0.4, -0.2) is 37.4 Å². The highest BCUT2D eigenvalue weighted by Crippen LogP contribution is 2.32. The Morgan fingerprint density at radius 1 is 1.47 bits per heavy atom. The molecule has 0 bridgehead atoms. The standard InChI is InChI=1S/C15H21NO3/c1-15(2)10-16(8-7-13(15)17)12-6-4-5-11(9-12)14(18)19-3/h4-6,9,13,17H,7-8,10H2,1-3H3. The van der Waals surface area contributed by atoms with E-state index < -0.39 is 0 Å². The van der Waals surface area contributed by atoms with Gasteiger partial charge in [0.25, 0.3) is 0 Å². The maximum atomic E-state index is 11.5. The van der Waals surface area contributed by atoms with Gasteiger partial charge in [0.1, 0.15) is 0 Å². The molecule has 0 spiro atoms. The van der Waals surface area contributed by atoms with Crippen LogP contribution in [0.1, 0.15) is 30.6 Å². The second kappa shape index (κ2) is 5.21. The molecule has 1 aromatic rings. The summed E-state index contributed by atoms with van der Waals surface area (Å²) in [5, 5.41) is 9.98. The van der Waals surface area contributed by atoms with Crippen LogP contribution in [0.15, 0.2) is 24.3 Å². The van der Waals surface area contributed by atoms with Gasteiger partial charge in [-0.3, -0.25) is 0 Å². The van der Waals surface area contributed by atoms with Gasteiger partial charge in [0.15, 0.2) is 0 Å². The van der Waals surface area contributed by atoms with E-state index in [9.17, 15) is 9.90 Å². The van der Waals surface area contributed by atoms with Gasteiger partial charge in [-0.15, -0.1) is 0 Å². The Morgan fingerprint density at radius 2 is 2.21 bits per heavy atom. The van der Waals surface area contributed by atoms with Crippen LogP contribution in [0.3, 0.4) is 0 Å². The number of carbonyl (C=O) groups excluding carboxylic acids is 1. The monoisotopic (exact) mass is 263 g/mol. The number of rotatable bonds is 2. The van der Waals surface area contributed by atoms with Crippen molar-refractivity contribution in [3.63, 3.8) is 0 Å². The Bertz CT molecular complexity index is 470. The van der Waals surface area contributed by atoms with E-state index in [2.05, 4.69) is 18.7 Å². The van der Waals surface area contributed by atoms with Crippen molar-refractivity contribution in [1.82, 2.24) is 0 Å². The molecule has 0 aliphatic carbocycles. The highest BCUT2D eigenvalue weighted by atomic mass is 16.5. The number of methoxy groups -OCH3 is 1. The van der Waals surface area contributed by atoms with Crippen molar-refractivity contribution in [2.75, 3.05) is 25.1 Å². The third kappa shape index (κ3) is 2.89. The molecule has 1 fully saturated rings. The largest absolute Gasteiger partial charge is 0.465 e. The summed E-state index contributed by atoms with van der Waals surface area (Å²) in [5.41, 5.74) is 1.42. The highest BCUT2D eigenvalue weighted by Gasteiger charge is 2.34. The number of ether oxygens (including phenoxy) is 1. The van der Waals surface area contributed by atoms with Crippen molar-refractivity contribution in [3.05, 3.63) is 29.8 Å². The Labute approximate surface area is 114 Å². The summed E-state index contributed by atoms with van der Waals surface area (Å²) in [6.45, 7) is 5.70. The van der Waals surface area contributed by atoms with E-state index in [0.717, 1.165) is 25.2 Å². The number of hydrogen-bond donors (Lipinski definition) is 1. The van der Waals surface area contributed by atoms with E-state index >= 15 is 0 Å². The number of esters is 1. The van der Waals surface area contributed by atoms with Gasteiger partial charge in [-0.1, -0.05) is 19.9 Å². The smallest absolute Gasteiger partial charge is 0.337 e. The molecule has 4 heteroatoms. The van der Waals surface area contributed by atoms with Gasteiger partial charge in [-0.2, -0.15) is 0 Å². The van der Waals surface area contributed by atoms with Crippen molar-refractivity contribution < 1.29 is 14.6 Å². The number of nitrogens with zero attached hydrogens (tertiary/aromatic N) is 1. The quantitative estimate of drug-likeness (QED) is 0.830. The summed E-state index contributed by atoms with van der Waals surface area (Å²) in [7, 11) is 1.38. The Kier molecular flexibility index (Phi) is 3.80. The molecular formula is C15H21NO3. The van der Waals surface area contributed by atoms with Crippen LogP contribution in [-0.2, 0) is 4.74 Å². The molecule has 4 nitrogen and oxygen atoms in total. The first-order valence-corrected chi connectivity index (χ1v) is 6.55. The minimum atomic E-state index is -0.321. The van der Waals surface area contributed by atoms with Crippen LogP contribution in [0.5, 0.6) is 0 Å². The van der Waals surface area contributed by atoms with E-state index in [4.69, 9.17) is 4.74 Å². The number of carbonyl (C=O) groups is 1. The van der Waals surface area contributed by atoms with Crippen molar-refractivity contribution >= 4 is 11.7 Å². The molecule has 1 saturated heterocycles. The van der Waals surface area contributed by atoms with E-state index in [1.165, 1.54) is 7.11 Å². The van der Waals surface area contributed by atoms with Gasteiger partial charge >= 0.3 is 5.97 Å². The number of piperidine rings is 1. The molecule has 0 aromatic heterocycles. The second-order valence-electron chi connectivity index (χ2n) is 5.76. The fraction of sp³-hybridized carbons (Fsp3) is 0.533. The molecule has 1 heterocycles. The topological polar surface area (TPSA) is 49.8 Å². The van der Waals surface area contributed by atoms with Gasteiger partial charge in [0.2, 0.25) is 0 Å². The Balaban J connectivity index is 2.21. The van der Waals surface area contributed by atoms with Crippen molar-refractivity contribution in [1.29, 1.82) is 0 Å². The lowest BCUT2D eigenvalue weighted by atomic mass is 9.81. The van der Waals surface area contributed by atoms with Crippen LogP contribution in [0.4, 0.5) is 5.69 Å². The third-order valence-corrected chi connectivity index (χ3v) is 3.81. The minimum Gasteiger partial charge on any atom is -0.465 e. The summed E-state index contributed by atoms with van der Waals surface area (Å²) in [6, 6.07) is 7.44. The molecule has 1 atom stereocenters. The number of hydrogen-bond acceptors (Lipinski definition) is 4. The second-order valence-corrected chi connectivity index (χ2v) is 5.76. The van der Waals surface area contributed by atoms with Gasteiger partial charge in [-0.25, -0.2) is 4.79 Å². The fourth-order valence-electron chi connectivity index (χ4n) is 2.51. The molecular weight excluding hydrogens is 242 g/mol. The summed E-state index contributed by atoms with van der Waals surface area (Å²) < 4.78 is 4.74. The number of benzene rings is 1. The highest BCUT2D eigenvalue weighted by molar-refractivity contribution is 5.90. The molecule has 1 aromatic carbocycles. The number of aliphatic hydroxyl groups is 1. The molecule has 1 aliphatic rings. The molecule has 104 valence electrons. The summed E-state index contributed by atoms with van der Waals surface area (Å²) in [4.78, 5) is 13.8. The van der Waals surface area contributed by atoms with E-state index in [1.54, 1.807) is 6.07 Å². The molecule has 1 N–H and O–H groups in total. The van der Waals surface area contributed by atoms with Gasteiger partial charge in [0.05, 0.1) is 18.8 Å². The van der Waals surface area contributed by atoms with E-state index in [-0.39, 0.29) is 17.5 Å². The van der Waals surface area contributed by atoms with E-state index in [0.29, 0.717) is 5.56 Å². The lowest BCUT2D eigenvalue weighted by molar-refractivity contribution is 0.0336. The van der Waals surface area contributed by atoms with E-state index in [1.807, 2.05) is 18.2 Å². The summed E-state index contributed by atoms with van der Waals surface area (Å²) >= 11 is 0. The molecule has 1 unspecified atom stereocenters. The summed E-state index contributed by atoms with van der Waals surface area (Å²) in [5.74, 6) is -0.321. The first-order chi connectivity index (χ1) is 8.94. The number of anilines is 1. The van der Waals surface area contributed by atoms with Gasteiger partial charge in [-0.05, 0) is 24.6 Å². The predicted octanol–water partition coefficient (Wildman–Crippen LogP) is 2.07. The zero-order valence-corrected chi connectivity index (χ0v) is 11.7. The van der Waals surface area contributed by atoms with Crippen LogP contribution in [0.25, 0.3) is 0 Å². The predicted molar refractivity (Wildman–Crippen MR) is 74.4 cm³/mol. The van der Waals surface area contributed by atoms with Gasteiger partial charge in [0, 0.05) is 24.2 Å². The van der Waals surface area contributed by atoms with Crippen molar-refractivity contribution in [2.24, 2.45) is 5.41 Å². The van der Waals surface area contributed by atoms with Crippen molar-refractivity contribution in [3.8, 4) is 0 Å². The molecule has 1 aliphatic heterocycles. The average molecular weight is 263 g/mol. The minimum absolute atomic E-state index is 0.139. The van der Waals surface area contributed by atoms with Crippen LogP contribution >= 0.6 is 0 Å². The first-order valence-electron chi connectivity index (χ1n) is 6.55. The molecule has 0 saturated carbocycles.